The van der Waals surface area contributed by atoms with Gasteiger partial charge in [-0.2, -0.15) is 0 Å². The van der Waals surface area contributed by atoms with Gasteiger partial charge in [0.25, 0.3) is 0 Å². The number of pyridine rings is 1. The third-order valence-electron chi connectivity index (χ3n) is 1.83. The van der Waals surface area contributed by atoms with E-state index in [9.17, 15) is 0 Å². The monoisotopic (exact) mass is 275 g/mol. The molecule has 1 saturated carbocycles. The van der Waals surface area contributed by atoms with Crippen LogP contribution in [0.1, 0.15) is 24.5 Å². The van der Waals surface area contributed by atoms with Gasteiger partial charge in [-0.25, -0.2) is 0 Å². The van der Waals surface area contributed by atoms with E-state index in [4.69, 9.17) is 0 Å². The van der Waals surface area contributed by atoms with Gasteiger partial charge in [0.1, 0.15) is 0 Å². The molecule has 0 atom stereocenters. The predicted molar refractivity (Wildman–Crippen MR) is 51.6 cm³/mol. The summed E-state index contributed by atoms with van der Waals surface area (Å²) in [5, 5.41) is 0. The zero-order valence-corrected chi connectivity index (χ0v) is 9.02. The summed E-state index contributed by atoms with van der Waals surface area (Å²) in [4.78, 5) is 4.32. The number of nitrogens with zero attached hydrogens (tertiary/aromatic N) is 1. The van der Waals surface area contributed by atoms with Crippen LogP contribution in [-0.2, 0) is 0 Å². The lowest BCUT2D eigenvalue weighted by atomic mass is 10.2. The molecule has 0 radical (unpaired) electrons. The summed E-state index contributed by atoms with van der Waals surface area (Å²) >= 11 is 6.84. The minimum Gasteiger partial charge on any atom is -0.260 e. The maximum atomic E-state index is 4.32. The maximum Gasteiger partial charge on any atom is 0.0501 e. The van der Waals surface area contributed by atoms with Gasteiger partial charge in [0, 0.05) is 22.3 Å². The smallest absolute Gasteiger partial charge is 0.0501 e. The Hall–Kier alpha value is 0.110. The van der Waals surface area contributed by atoms with Gasteiger partial charge in [-0.05, 0) is 50.8 Å². The fourth-order valence-electron chi connectivity index (χ4n) is 1.03. The van der Waals surface area contributed by atoms with Gasteiger partial charge in [0.15, 0.2) is 0 Å². The molecule has 1 heterocycles. The van der Waals surface area contributed by atoms with Gasteiger partial charge < -0.3 is 0 Å². The second-order valence-electron chi connectivity index (χ2n) is 2.80. The van der Waals surface area contributed by atoms with Crippen molar-refractivity contribution in [3.63, 3.8) is 0 Å². The summed E-state index contributed by atoms with van der Waals surface area (Å²) in [5.41, 5.74) is 1.22. The van der Waals surface area contributed by atoms with Crippen molar-refractivity contribution in [1.82, 2.24) is 4.98 Å². The van der Waals surface area contributed by atoms with E-state index < -0.39 is 0 Å². The molecule has 1 aromatic heterocycles. The van der Waals surface area contributed by atoms with Gasteiger partial charge in [0.2, 0.25) is 0 Å². The van der Waals surface area contributed by atoms with Crippen molar-refractivity contribution in [2.75, 3.05) is 0 Å². The highest BCUT2D eigenvalue weighted by Gasteiger charge is 2.25. The third kappa shape index (κ3) is 1.64. The van der Waals surface area contributed by atoms with E-state index in [1.807, 2.05) is 6.20 Å². The minimum absolute atomic E-state index is 0.736. The SMILES string of the molecule is Brc1cnc(C2CC2)cc1Br. The van der Waals surface area contributed by atoms with Crippen LogP contribution >= 0.6 is 31.9 Å². The first-order valence-electron chi connectivity index (χ1n) is 3.58. The van der Waals surface area contributed by atoms with Crippen LogP contribution in [0.3, 0.4) is 0 Å². The number of hydrogen-bond acceptors (Lipinski definition) is 1. The van der Waals surface area contributed by atoms with Crippen molar-refractivity contribution < 1.29 is 0 Å². The Morgan fingerprint density at radius 1 is 1.27 bits per heavy atom. The molecule has 2 rings (SSSR count). The van der Waals surface area contributed by atoms with Gasteiger partial charge in [-0.15, -0.1) is 0 Å². The zero-order chi connectivity index (χ0) is 7.84. The number of rotatable bonds is 1. The Labute approximate surface area is 82.5 Å². The molecule has 1 aliphatic rings. The highest BCUT2D eigenvalue weighted by molar-refractivity contribution is 9.13. The summed E-state index contributed by atoms with van der Waals surface area (Å²) in [6, 6.07) is 2.10. The standard InChI is InChI=1S/C8H7Br2N/c9-6-3-8(5-1-2-5)11-4-7(6)10/h3-5H,1-2H2. The van der Waals surface area contributed by atoms with Crippen LogP contribution in [0, 0.1) is 0 Å². The van der Waals surface area contributed by atoms with Crippen molar-refractivity contribution in [3.05, 3.63) is 26.9 Å². The lowest BCUT2D eigenvalue weighted by Gasteiger charge is -1.98. The molecular formula is C8H7Br2N. The molecule has 0 amide bonds. The molecule has 1 aliphatic carbocycles. The molecule has 1 nitrogen and oxygen atoms in total. The van der Waals surface area contributed by atoms with Crippen LogP contribution in [0.5, 0.6) is 0 Å². The largest absolute Gasteiger partial charge is 0.260 e. The Kier molecular flexibility index (Phi) is 2.02. The van der Waals surface area contributed by atoms with Crippen molar-refractivity contribution in [1.29, 1.82) is 0 Å². The van der Waals surface area contributed by atoms with Crippen LogP contribution < -0.4 is 0 Å². The summed E-state index contributed by atoms with van der Waals surface area (Å²) < 4.78 is 2.14. The maximum absolute atomic E-state index is 4.32. The van der Waals surface area contributed by atoms with Crippen LogP contribution in [-0.4, -0.2) is 4.98 Å². The van der Waals surface area contributed by atoms with Crippen LogP contribution in [0.25, 0.3) is 0 Å². The van der Waals surface area contributed by atoms with Gasteiger partial charge >= 0.3 is 0 Å². The molecule has 1 fully saturated rings. The molecule has 11 heavy (non-hydrogen) atoms. The normalized spacial score (nSPS) is 16.9. The summed E-state index contributed by atoms with van der Waals surface area (Å²) in [6.07, 6.45) is 4.47. The summed E-state index contributed by atoms with van der Waals surface area (Å²) in [5.74, 6) is 0.736. The first-order chi connectivity index (χ1) is 5.27. The van der Waals surface area contributed by atoms with Gasteiger partial charge in [-0.1, -0.05) is 0 Å². The van der Waals surface area contributed by atoms with Crippen LogP contribution in [0.15, 0.2) is 21.2 Å². The Morgan fingerprint density at radius 2 is 2.00 bits per heavy atom. The highest BCUT2D eigenvalue weighted by atomic mass is 79.9. The molecule has 0 aromatic carbocycles. The first-order valence-corrected chi connectivity index (χ1v) is 5.17. The van der Waals surface area contributed by atoms with E-state index in [0.29, 0.717) is 0 Å². The van der Waals surface area contributed by atoms with Gasteiger partial charge in [0.05, 0.1) is 4.47 Å². The van der Waals surface area contributed by atoms with E-state index >= 15 is 0 Å². The van der Waals surface area contributed by atoms with Crippen molar-refractivity contribution in [2.45, 2.75) is 18.8 Å². The minimum atomic E-state index is 0.736. The van der Waals surface area contributed by atoms with Gasteiger partial charge in [-0.3, -0.25) is 4.98 Å². The van der Waals surface area contributed by atoms with E-state index in [0.717, 1.165) is 14.9 Å². The van der Waals surface area contributed by atoms with Crippen LogP contribution in [0.4, 0.5) is 0 Å². The Bertz CT molecular complexity index is 281. The lowest BCUT2D eigenvalue weighted by Crippen LogP contribution is -1.85. The number of hydrogen-bond donors (Lipinski definition) is 0. The number of aromatic nitrogens is 1. The Morgan fingerprint density at radius 3 is 2.55 bits per heavy atom. The molecule has 0 unspecified atom stereocenters. The number of halogens is 2. The summed E-state index contributed by atoms with van der Waals surface area (Å²) in [6.45, 7) is 0. The molecule has 3 heteroatoms. The average molecular weight is 277 g/mol. The average Bonchev–Trinajstić information content (AvgIpc) is 2.77. The molecule has 58 valence electrons. The molecule has 0 saturated heterocycles. The lowest BCUT2D eigenvalue weighted by molar-refractivity contribution is 1.01. The molecular weight excluding hydrogens is 270 g/mol. The molecule has 1 aromatic rings. The van der Waals surface area contributed by atoms with Crippen LogP contribution in [0.2, 0.25) is 0 Å². The molecule has 0 aliphatic heterocycles. The van der Waals surface area contributed by atoms with Crippen molar-refractivity contribution in [3.8, 4) is 0 Å². The van der Waals surface area contributed by atoms with E-state index in [2.05, 4.69) is 42.9 Å². The second-order valence-corrected chi connectivity index (χ2v) is 4.51. The quantitative estimate of drug-likeness (QED) is 0.765. The summed E-state index contributed by atoms with van der Waals surface area (Å²) in [7, 11) is 0. The highest BCUT2D eigenvalue weighted by Crippen LogP contribution is 2.40. The second kappa shape index (κ2) is 2.87. The van der Waals surface area contributed by atoms with E-state index in [1.165, 1.54) is 18.5 Å². The van der Waals surface area contributed by atoms with Crippen molar-refractivity contribution in [2.24, 2.45) is 0 Å². The molecule has 0 spiro atoms. The third-order valence-corrected chi connectivity index (χ3v) is 3.65. The topological polar surface area (TPSA) is 12.9 Å². The zero-order valence-electron chi connectivity index (χ0n) is 5.85. The van der Waals surface area contributed by atoms with E-state index in [-0.39, 0.29) is 0 Å². The van der Waals surface area contributed by atoms with E-state index in [1.54, 1.807) is 0 Å². The fourth-order valence-corrected chi connectivity index (χ4v) is 1.59. The molecule has 0 N–H and O–H groups in total. The van der Waals surface area contributed by atoms with Crippen molar-refractivity contribution >= 4 is 31.9 Å². The Balaban J connectivity index is 2.36. The fraction of sp³-hybridized carbons (Fsp3) is 0.375. The first kappa shape index (κ1) is 7.74. The molecule has 0 bridgehead atoms. The predicted octanol–water partition coefficient (Wildman–Crippen LogP) is 3.48.